The third-order valence-corrected chi connectivity index (χ3v) is 4.86. The van der Waals surface area contributed by atoms with Crippen molar-refractivity contribution in [1.82, 2.24) is 9.97 Å². The van der Waals surface area contributed by atoms with E-state index in [2.05, 4.69) is 15.3 Å². The van der Waals surface area contributed by atoms with E-state index >= 15 is 0 Å². The maximum atomic E-state index is 12.4. The summed E-state index contributed by atoms with van der Waals surface area (Å²) >= 11 is 1.30. The van der Waals surface area contributed by atoms with Gasteiger partial charge in [0, 0.05) is 17.8 Å². The summed E-state index contributed by atoms with van der Waals surface area (Å²) in [7, 11) is 0. The van der Waals surface area contributed by atoms with Crippen LogP contribution in [0.1, 0.15) is 12.6 Å². The van der Waals surface area contributed by atoms with E-state index in [4.69, 9.17) is 0 Å². The Morgan fingerprint density at radius 3 is 2.54 bits per heavy atom. The first-order chi connectivity index (χ1) is 12.4. The topological polar surface area (TPSA) is 98.0 Å². The summed E-state index contributed by atoms with van der Waals surface area (Å²) in [6.07, 6.45) is 0. The zero-order valence-electron chi connectivity index (χ0n) is 14.2. The van der Waals surface area contributed by atoms with E-state index in [1.165, 1.54) is 30.0 Å². The molecule has 132 valence electrons. The molecule has 26 heavy (non-hydrogen) atoms. The van der Waals surface area contributed by atoms with Gasteiger partial charge in [-0.2, -0.15) is 0 Å². The van der Waals surface area contributed by atoms with E-state index in [9.17, 15) is 14.9 Å². The average molecular weight is 368 g/mol. The molecule has 3 aromatic rings. The molecule has 0 radical (unpaired) electrons. The number of aromatic nitrogens is 2. The second-order valence-electron chi connectivity index (χ2n) is 5.66. The molecule has 3 rings (SSSR count). The largest absolute Gasteiger partial charge is 0.325 e. The third-order valence-electron chi connectivity index (χ3n) is 3.68. The van der Waals surface area contributed by atoms with Crippen LogP contribution >= 0.6 is 11.8 Å². The standard InChI is InChI=1S/C18H16N4O3S/c1-11-18(21-16-9-4-3-8-15(16)19-11)26-12(2)17(23)20-13-6-5-7-14(10-13)22(24)25/h3-10,12H,1-2H3,(H,20,23). The van der Waals surface area contributed by atoms with Gasteiger partial charge in [-0.15, -0.1) is 0 Å². The number of nitro groups is 1. The van der Waals surface area contributed by atoms with Crippen LogP contribution in [0.2, 0.25) is 0 Å². The zero-order valence-corrected chi connectivity index (χ0v) is 15.0. The highest BCUT2D eigenvalue weighted by Gasteiger charge is 2.18. The molecule has 1 amide bonds. The van der Waals surface area contributed by atoms with Crippen molar-refractivity contribution in [2.24, 2.45) is 0 Å². The summed E-state index contributed by atoms with van der Waals surface area (Å²) in [5.41, 5.74) is 2.65. The van der Waals surface area contributed by atoms with E-state index in [1.807, 2.05) is 31.2 Å². The number of carbonyl (C=O) groups is 1. The Balaban J connectivity index is 1.74. The first-order valence-corrected chi connectivity index (χ1v) is 8.77. The van der Waals surface area contributed by atoms with E-state index in [0.29, 0.717) is 10.7 Å². The van der Waals surface area contributed by atoms with Crippen molar-refractivity contribution in [1.29, 1.82) is 0 Å². The van der Waals surface area contributed by atoms with Gasteiger partial charge >= 0.3 is 0 Å². The lowest BCUT2D eigenvalue weighted by Gasteiger charge is -2.13. The van der Waals surface area contributed by atoms with Crippen LogP contribution in [0, 0.1) is 17.0 Å². The molecule has 0 aliphatic carbocycles. The van der Waals surface area contributed by atoms with Crippen molar-refractivity contribution >= 4 is 40.1 Å². The predicted octanol–water partition coefficient (Wildman–Crippen LogP) is 3.97. The van der Waals surface area contributed by atoms with Crippen LogP contribution in [0.25, 0.3) is 11.0 Å². The van der Waals surface area contributed by atoms with Crippen LogP contribution in [0.5, 0.6) is 0 Å². The molecule has 1 N–H and O–H groups in total. The minimum Gasteiger partial charge on any atom is -0.325 e. The molecule has 2 aromatic carbocycles. The van der Waals surface area contributed by atoms with E-state index in [-0.39, 0.29) is 11.6 Å². The number of carbonyl (C=O) groups excluding carboxylic acids is 1. The van der Waals surface area contributed by atoms with Crippen LogP contribution in [-0.4, -0.2) is 26.0 Å². The number of non-ortho nitro benzene ring substituents is 1. The van der Waals surface area contributed by atoms with Gasteiger partial charge in [0.2, 0.25) is 5.91 Å². The summed E-state index contributed by atoms with van der Waals surface area (Å²) in [4.78, 5) is 31.8. The number of fused-ring (bicyclic) bond motifs is 1. The summed E-state index contributed by atoms with van der Waals surface area (Å²) in [5, 5.41) is 13.8. The molecular formula is C18H16N4O3S. The molecule has 0 bridgehead atoms. The first-order valence-electron chi connectivity index (χ1n) is 7.89. The second-order valence-corrected chi connectivity index (χ2v) is 6.99. The molecule has 8 heteroatoms. The highest BCUT2D eigenvalue weighted by atomic mass is 32.2. The fourth-order valence-electron chi connectivity index (χ4n) is 2.35. The number of thioether (sulfide) groups is 1. The Morgan fingerprint density at radius 2 is 1.85 bits per heavy atom. The molecule has 0 saturated carbocycles. The fraction of sp³-hybridized carbons (Fsp3) is 0.167. The Kier molecular flexibility index (Phi) is 5.13. The van der Waals surface area contributed by atoms with Gasteiger partial charge in [-0.3, -0.25) is 14.9 Å². The molecule has 0 aliphatic rings. The number of amides is 1. The molecule has 0 aliphatic heterocycles. The molecule has 0 spiro atoms. The molecule has 1 unspecified atom stereocenters. The van der Waals surface area contributed by atoms with Gasteiger partial charge < -0.3 is 5.32 Å². The van der Waals surface area contributed by atoms with Crippen molar-refractivity contribution in [2.75, 3.05) is 5.32 Å². The van der Waals surface area contributed by atoms with Crippen LogP contribution < -0.4 is 5.32 Å². The highest BCUT2D eigenvalue weighted by molar-refractivity contribution is 8.00. The number of nitro benzene ring substituents is 1. The molecule has 1 aromatic heterocycles. The summed E-state index contributed by atoms with van der Waals surface area (Å²) in [5.74, 6) is -0.259. The quantitative estimate of drug-likeness (QED) is 0.416. The number of aryl methyl sites for hydroxylation is 1. The van der Waals surface area contributed by atoms with Gasteiger partial charge in [-0.05, 0) is 32.0 Å². The smallest absolute Gasteiger partial charge is 0.271 e. The zero-order chi connectivity index (χ0) is 18.7. The van der Waals surface area contributed by atoms with Gasteiger partial charge in [-0.25, -0.2) is 9.97 Å². The summed E-state index contributed by atoms with van der Waals surface area (Å²) < 4.78 is 0. The molecule has 0 fully saturated rings. The lowest BCUT2D eigenvalue weighted by molar-refractivity contribution is -0.384. The normalized spacial score (nSPS) is 11.9. The highest BCUT2D eigenvalue weighted by Crippen LogP contribution is 2.27. The van der Waals surface area contributed by atoms with E-state index in [1.54, 1.807) is 13.0 Å². The summed E-state index contributed by atoms with van der Waals surface area (Å²) in [6.45, 7) is 3.61. The van der Waals surface area contributed by atoms with Gasteiger partial charge in [0.25, 0.3) is 5.69 Å². The van der Waals surface area contributed by atoms with Crippen molar-refractivity contribution in [2.45, 2.75) is 24.1 Å². The average Bonchev–Trinajstić information content (AvgIpc) is 2.62. The number of para-hydroxylation sites is 2. The number of nitrogens with one attached hydrogen (secondary N) is 1. The van der Waals surface area contributed by atoms with Crippen LogP contribution in [0.4, 0.5) is 11.4 Å². The molecular weight excluding hydrogens is 352 g/mol. The molecule has 1 atom stereocenters. The maximum Gasteiger partial charge on any atom is 0.271 e. The van der Waals surface area contributed by atoms with Crippen LogP contribution in [-0.2, 0) is 4.79 Å². The molecule has 1 heterocycles. The molecule has 7 nitrogen and oxygen atoms in total. The van der Waals surface area contributed by atoms with Crippen LogP contribution in [0.3, 0.4) is 0 Å². The molecule has 0 saturated heterocycles. The lowest BCUT2D eigenvalue weighted by Crippen LogP contribution is -2.22. The lowest BCUT2D eigenvalue weighted by atomic mass is 10.2. The van der Waals surface area contributed by atoms with Gasteiger partial charge in [0.1, 0.15) is 5.03 Å². The maximum absolute atomic E-state index is 12.4. The number of rotatable bonds is 5. The number of nitrogens with zero attached hydrogens (tertiary/aromatic N) is 3. The Morgan fingerprint density at radius 1 is 1.15 bits per heavy atom. The van der Waals surface area contributed by atoms with Crippen molar-refractivity contribution in [3.8, 4) is 0 Å². The number of hydrogen-bond acceptors (Lipinski definition) is 6. The predicted molar refractivity (Wildman–Crippen MR) is 101 cm³/mol. The number of anilines is 1. The Bertz CT molecular complexity index is 993. The number of benzene rings is 2. The van der Waals surface area contributed by atoms with E-state index < -0.39 is 10.2 Å². The van der Waals surface area contributed by atoms with Crippen molar-refractivity contribution in [3.63, 3.8) is 0 Å². The Hall–Kier alpha value is -3.00. The fourth-order valence-corrected chi connectivity index (χ4v) is 3.21. The van der Waals surface area contributed by atoms with Crippen LogP contribution in [0.15, 0.2) is 53.6 Å². The summed E-state index contributed by atoms with van der Waals surface area (Å²) in [6, 6.07) is 13.4. The van der Waals surface area contributed by atoms with E-state index in [0.717, 1.165) is 16.7 Å². The van der Waals surface area contributed by atoms with Crippen molar-refractivity contribution < 1.29 is 9.72 Å². The monoisotopic (exact) mass is 368 g/mol. The first kappa shape index (κ1) is 17.8. The van der Waals surface area contributed by atoms with Gasteiger partial charge in [0.05, 0.1) is 26.9 Å². The second kappa shape index (κ2) is 7.49. The minimum atomic E-state index is -0.498. The number of hydrogen-bond donors (Lipinski definition) is 1. The van der Waals surface area contributed by atoms with Gasteiger partial charge in [0.15, 0.2) is 0 Å². The van der Waals surface area contributed by atoms with Gasteiger partial charge in [-0.1, -0.05) is 30.0 Å². The SMILES string of the molecule is Cc1nc2ccccc2nc1SC(C)C(=O)Nc1cccc([N+](=O)[O-])c1. The Labute approximate surface area is 154 Å². The minimum absolute atomic E-state index is 0.0700. The third kappa shape index (κ3) is 3.97. The van der Waals surface area contributed by atoms with Crippen molar-refractivity contribution in [3.05, 3.63) is 64.3 Å².